The Balaban J connectivity index is 3.11. The van der Waals surface area contributed by atoms with Gasteiger partial charge in [0.1, 0.15) is 5.69 Å². The standard InChI is InChI=1S/C11H14BrClN2O/c1-11(2,3)15(4)10(16)9-8(13)7(12)5-6-14-9/h5-6H,1-4H3. The van der Waals surface area contributed by atoms with Gasteiger partial charge < -0.3 is 4.90 Å². The second-order valence-electron chi connectivity index (χ2n) is 4.49. The third-order valence-electron chi connectivity index (χ3n) is 2.36. The largest absolute Gasteiger partial charge is 0.335 e. The maximum absolute atomic E-state index is 12.1. The number of amides is 1. The van der Waals surface area contributed by atoms with Gasteiger partial charge in [-0.05, 0) is 42.8 Å². The summed E-state index contributed by atoms with van der Waals surface area (Å²) in [6.45, 7) is 5.87. The SMILES string of the molecule is CN(C(=O)c1nccc(Br)c1Cl)C(C)(C)C. The molecule has 1 aromatic rings. The molecule has 0 bridgehead atoms. The van der Waals surface area contributed by atoms with Crippen LogP contribution in [0.2, 0.25) is 5.02 Å². The molecule has 1 aromatic heterocycles. The molecule has 0 aliphatic carbocycles. The van der Waals surface area contributed by atoms with Crippen molar-refractivity contribution in [3.05, 3.63) is 27.5 Å². The average molecular weight is 306 g/mol. The Morgan fingerprint density at radius 2 is 2.06 bits per heavy atom. The van der Waals surface area contributed by atoms with Crippen molar-refractivity contribution in [3.8, 4) is 0 Å². The normalized spacial score (nSPS) is 11.4. The molecule has 88 valence electrons. The second kappa shape index (κ2) is 4.72. The number of hydrogen-bond donors (Lipinski definition) is 0. The van der Waals surface area contributed by atoms with Crippen molar-refractivity contribution < 1.29 is 4.79 Å². The zero-order valence-corrected chi connectivity index (χ0v) is 12.1. The lowest BCUT2D eigenvalue weighted by atomic mass is 10.1. The van der Waals surface area contributed by atoms with E-state index in [-0.39, 0.29) is 17.1 Å². The van der Waals surface area contributed by atoms with Gasteiger partial charge in [0.15, 0.2) is 0 Å². The van der Waals surface area contributed by atoms with Gasteiger partial charge in [0.05, 0.1) is 5.02 Å². The highest BCUT2D eigenvalue weighted by molar-refractivity contribution is 9.10. The molecular formula is C11H14BrClN2O. The molecule has 5 heteroatoms. The van der Waals surface area contributed by atoms with E-state index in [1.165, 1.54) is 0 Å². The van der Waals surface area contributed by atoms with Crippen molar-refractivity contribution in [1.29, 1.82) is 0 Å². The predicted molar refractivity (Wildman–Crippen MR) is 68.8 cm³/mol. The average Bonchev–Trinajstić information content (AvgIpc) is 2.18. The molecule has 0 atom stereocenters. The van der Waals surface area contributed by atoms with Gasteiger partial charge in [0.25, 0.3) is 5.91 Å². The van der Waals surface area contributed by atoms with Gasteiger partial charge in [0, 0.05) is 23.3 Å². The van der Waals surface area contributed by atoms with Crippen LogP contribution in [0.3, 0.4) is 0 Å². The molecule has 0 fully saturated rings. The summed E-state index contributed by atoms with van der Waals surface area (Å²) in [5.74, 6) is -0.182. The van der Waals surface area contributed by atoms with Crippen LogP contribution in [0.4, 0.5) is 0 Å². The molecular weight excluding hydrogens is 291 g/mol. The summed E-state index contributed by atoms with van der Waals surface area (Å²) in [6.07, 6.45) is 1.56. The molecule has 16 heavy (non-hydrogen) atoms. The minimum atomic E-state index is -0.260. The first kappa shape index (κ1) is 13.5. The van der Waals surface area contributed by atoms with E-state index < -0.39 is 0 Å². The van der Waals surface area contributed by atoms with Crippen molar-refractivity contribution in [2.24, 2.45) is 0 Å². The van der Waals surface area contributed by atoms with Crippen molar-refractivity contribution in [3.63, 3.8) is 0 Å². The van der Waals surface area contributed by atoms with Crippen molar-refractivity contribution in [2.45, 2.75) is 26.3 Å². The minimum absolute atomic E-state index is 0.182. The lowest BCUT2D eigenvalue weighted by Crippen LogP contribution is -2.42. The lowest BCUT2D eigenvalue weighted by molar-refractivity contribution is 0.0650. The molecule has 0 radical (unpaired) electrons. The number of rotatable bonds is 1. The Morgan fingerprint density at radius 3 is 2.56 bits per heavy atom. The zero-order chi connectivity index (χ0) is 12.5. The van der Waals surface area contributed by atoms with Gasteiger partial charge in [-0.25, -0.2) is 4.98 Å². The number of aromatic nitrogens is 1. The summed E-state index contributed by atoms with van der Waals surface area (Å²) in [6, 6.07) is 1.70. The quantitative estimate of drug-likeness (QED) is 0.797. The first-order chi connectivity index (χ1) is 7.25. The third-order valence-corrected chi connectivity index (χ3v) is 3.63. The maximum atomic E-state index is 12.1. The molecule has 0 aliphatic heterocycles. The predicted octanol–water partition coefficient (Wildman–Crippen LogP) is 3.37. The van der Waals surface area contributed by atoms with Crippen LogP contribution in [0.5, 0.6) is 0 Å². The van der Waals surface area contributed by atoms with E-state index >= 15 is 0 Å². The number of hydrogen-bond acceptors (Lipinski definition) is 2. The molecule has 0 saturated carbocycles. The summed E-state index contributed by atoms with van der Waals surface area (Å²) < 4.78 is 0.676. The van der Waals surface area contributed by atoms with Crippen LogP contribution in [0, 0.1) is 0 Å². The fourth-order valence-electron chi connectivity index (χ4n) is 1.03. The Kier molecular flexibility index (Phi) is 3.97. The highest BCUT2D eigenvalue weighted by atomic mass is 79.9. The van der Waals surface area contributed by atoms with Crippen LogP contribution >= 0.6 is 27.5 Å². The molecule has 0 aromatic carbocycles. The highest BCUT2D eigenvalue weighted by Crippen LogP contribution is 2.26. The van der Waals surface area contributed by atoms with Crippen molar-refractivity contribution in [1.82, 2.24) is 9.88 Å². The van der Waals surface area contributed by atoms with E-state index in [9.17, 15) is 4.79 Å². The lowest BCUT2D eigenvalue weighted by Gasteiger charge is -2.31. The number of carbonyl (C=O) groups excluding carboxylic acids is 1. The summed E-state index contributed by atoms with van der Waals surface area (Å²) in [5, 5.41) is 0.351. The van der Waals surface area contributed by atoms with Crippen LogP contribution in [0.25, 0.3) is 0 Å². The van der Waals surface area contributed by atoms with E-state index in [4.69, 9.17) is 11.6 Å². The van der Waals surface area contributed by atoms with Crippen LogP contribution in [0.15, 0.2) is 16.7 Å². The van der Waals surface area contributed by atoms with E-state index in [1.807, 2.05) is 20.8 Å². The van der Waals surface area contributed by atoms with Gasteiger partial charge in [-0.2, -0.15) is 0 Å². The van der Waals surface area contributed by atoms with Gasteiger partial charge in [0.2, 0.25) is 0 Å². The first-order valence-electron chi connectivity index (χ1n) is 4.83. The number of halogens is 2. The van der Waals surface area contributed by atoms with Gasteiger partial charge >= 0.3 is 0 Å². The smallest absolute Gasteiger partial charge is 0.274 e. The molecule has 0 N–H and O–H groups in total. The summed E-state index contributed by atoms with van der Waals surface area (Å²) in [5.41, 5.74) is 0.0122. The Morgan fingerprint density at radius 1 is 1.50 bits per heavy atom. The maximum Gasteiger partial charge on any atom is 0.274 e. The molecule has 0 spiro atoms. The highest BCUT2D eigenvalue weighted by Gasteiger charge is 2.26. The van der Waals surface area contributed by atoms with Gasteiger partial charge in [-0.15, -0.1) is 0 Å². The number of carbonyl (C=O) groups is 1. The molecule has 0 unspecified atom stereocenters. The first-order valence-corrected chi connectivity index (χ1v) is 6.00. The fraction of sp³-hybridized carbons (Fsp3) is 0.455. The van der Waals surface area contributed by atoms with Crippen LogP contribution in [0.1, 0.15) is 31.3 Å². The van der Waals surface area contributed by atoms with Crippen molar-refractivity contribution >= 4 is 33.4 Å². The molecule has 0 aliphatic rings. The van der Waals surface area contributed by atoms with Gasteiger partial charge in [-0.1, -0.05) is 11.6 Å². The monoisotopic (exact) mass is 304 g/mol. The second-order valence-corrected chi connectivity index (χ2v) is 5.72. The fourth-order valence-corrected chi connectivity index (χ4v) is 1.53. The molecule has 1 amide bonds. The van der Waals surface area contributed by atoms with E-state index in [0.29, 0.717) is 9.50 Å². The van der Waals surface area contributed by atoms with Gasteiger partial charge in [-0.3, -0.25) is 4.79 Å². The summed E-state index contributed by atoms with van der Waals surface area (Å²) in [7, 11) is 1.74. The van der Waals surface area contributed by atoms with Crippen LogP contribution < -0.4 is 0 Å². The molecule has 0 saturated heterocycles. The van der Waals surface area contributed by atoms with Crippen LogP contribution in [-0.2, 0) is 0 Å². The third kappa shape index (κ3) is 2.74. The number of pyridine rings is 1. The summed E-state index contributed by atoms with van der Waals surface area (Å²) in [4.78, 5) is 17.8. The molecule has 1 heterocycles. The summed E-state index contributed by atoms with van der Waals surface area (Å²) >= 11 is 9.30. The van der Waals surface area contributed by atoms with Crippen molar-refractivity contribution in [2.75, 3.05) is 7.05 Å². The Labute approximate surface area is 109 Å². The minimum Gasteiger partial charge on any atom is -0.335 e. The van der Waals surface area contributed by atoms with E-state index in [0.717, 1.165) is 0 Å². The van der Waals surface area contributed by atoms with E-state index in [2.05, 4.69) is 20.9 Å². The number of nitrogens with zero attached hydrogens (tertiary/aromatic N) is 2. The molecule has 1 rings (SSSR count). The van der Waals surface area contributed by atoms with Crippen LogP contribution in [-0.4, -0.2) is 28.4 Å². The topological polar surface area (TPSA) is 33.2 Å². The Hall–Kier alpha value is -0.610. The Bertz CT molecular complexity index is 415. The molecule has 3 nitrogen and oxygen atoms in total. The zero-order valence-electron chi connectivity index (χ0n) is 9.71. The van der Waals surface area contributed by atoms with E-state index in [1.54, 1.807) is 24.2 Å².